The molecule has 1 aromatic heterocycles. The molecule has 0 spiro atoms. The largest absolute Gasteiger partial charge is 0.493 e. The van der Waals surface area contributed by atoms with Gasteiger partial charge in [0.1, 0.15) is 5.82 Å². The van der Waals surface area contributed by atoms with E-state index in [1.807, 2.05) is 4.57 Å². The summed E-state index contributed by atoms with van der Waals surface area (Å²) in [6.07, 6.45) is 3.92. The molecule has 0 bridgehead atoms. The second kappa shape index (κ2) is 8.51. The lowest BCUT2D eigenvalue weighted by Crippen LogP contribution is -2.39. The number of carbonyl (C=O) groups is 1. The minimum absolute atomic E-state index is 0.00997. The quantitative estimate of drug-likeness (QED) is 0.741. The molecule has 1 aliphatic carbocycles. The molecule has 0 atom stereocenters. The van der Waals surface area contributed by atoms with Crippen LogP contribution in [-0.4, -0.2) is 59.0 Å². The van der Waals surface area contributed by atoms with Crippen molar-refractivity contribution in [3.63, 3.8) is 0 Å². The number of piperidine rings is 1. The van der Waals surface area contributed by atoms with Crippen molar-refractivity contribution in [1.82, 2.24) is 19.2 Å². The third kappa shape index (κ3) is 4.21. The summed E-state index contributed by atoms with van der Waals surface area (Å²) in [5.74, 6) is 2.32. The molecule has 0 unspecified atom stereocenters. The highest BCUT2D eigenvalue weighted by Gasteiger charge is 2.33. The molecule has 30 heavy (non-hydrogen) atoms. The van der Waals surface area contributed by atoms with Gasteiger partial charge in [-0.25, -0.2) is 9.48 Å². The fourth-order valence-corrected chi connectivity index (χ4v) is 4.12. The molecule has 1 aromatic carbocycles. The molecule has 2 fully saturated rings. The Bertz CT molecular complexity index is 970. The van der Waals surface area contributed by atoms with Gasteiger partial charge in [-0.2, -0.15) is 5.10 Å². The maximum Gasteiger partial charge on any atom is 0.345 e. The molecule has 2 heterocycles. The molecule has 1 amide bonds. The highest BCUT2D eigenvalue weighted by molar-refractivity contribution is 5.92. The van der Waals surface area contributed by atoms with Crippen molar-refractivity contribution in [3.05, 3.63) is 34.5 Å². The zero-order valence-electron chi connectivity index (χ0n) is 17.8. The predicted octanol–water partition coefficient (Wildman–Crippen LogP) is 1.75. The third-order valence-electron chi connectivity index (χ3n) is 5.88. The Labute approximate surface area is 175 Å². The monoisotopic (exact) mass is 415 g/mol. The summed E-state index contributed by atoms with van der Waals surface area (Å²) in [6.45, 7) is 1.94. The lowest BCUT2D eigenvalue weighted by atomic mass is 9.96. The normalized spacial score (nSPS) is 17.7. The lowest BCUT2D eigenvalue weighted by Gasteiger charge is -2.31. The first kappa shape index (κ1) is 20.5. The van der Waals surface area contributed by atoms with Crippen molar-refractivity contribution in [2.24, 2.45) is 7.05 Å². The van der Waals surface area contributed by atoms with E-state index in [9.17, 15) is 9.59 Å². The van der Waals surface area contributed by atoms with Crippen LogP contribution in [0.3, 0.4) is 0 Å². The lowest BCUT2D eigenvalue weighted by molar-refractivity contribution is -0.117. The Morgan fingerprint density at radius 2 is 1.83 bits per heavy atom. The molecule has 2 aromatic rings. The fourth-order valence-electron chi connectivity index (χ4n) is 4.12. The van der Waals surface area contributed by atoms with E-state index in [2.05, 4.69) is 15.3 Å². The van der Waals surface area contributed by atoms with Gasteiger partial charge in [-0.15, -0.1) is 0 Å². The summed E-state index contributed by atoms with van der Waals surface area (Å²) < 4.78 is 13.9. The van der Waals surface area contributed by atoms with E-state index >= 15 is 0 Å². The third-order valence-corrected chi connectivity index (χ3v) is 5.88. The molecule has 1 aliphatic heterocycles. The number of likely N-dealkylation sites (tertiary alicyclic amines) is 1. The van der Waals surface area contributed by atoms with Crippen LogP contribution in [0.1, 0.15) is 43.5 Å². The number of methoxy groups -OCH3 is 2. The van der Waals surface area contributed by atoms with Crippen LogP contribution < -0.4 is 20.5 Å². The summed E-state index contributed by atoms with van der Waals surface area (Å²) in [5.41, 5.74) is 0.665. The van der Waals surface area contributed by atoms with Crippen LogP contribution in [0.15, 0.2) is 23.0 Å². The summed E-state index contributed by atoms with van der Waals surface area (Å²) in [4.78, 5) is 27.0. The molecule has 0 radical (unpaired) electrons. The number of aromatic nitrogens is 3. The van der Waals surface area contributed by atoms with Crippen molar-refractivity contribution < 1.29 is 14.3 Å². The smallest absolute Gasteiger partial charge is 0.345 e. The Kier molecular flexibility index (Phi) is 5.80. The van der Waals surface area contributed by atoms with E-state index in [-0.39, 0.29) is 17.5 Å². The molecule has 4 rings (SSSR count). The van der Waals surface area contributed by atoms with Gasteiger partial charge in [0.25, 0.3) is 0 Å². The standard InChI is InChI=1S/C21H29N5O4/c1-24-21(28)26(16-5-6-16)20(23-24)14-8-10-25(11-9-14)13-19(27)22-15-4-7-17(29-2)18(12-15)30-3/h4,7,12,14,16H,5-6,8-11,13H2,1-3H3,(H,22,27). The topological polar surface area (TPSA) is 90.6 Å². The Morgan fingerprint density at radius 3 is 2.47 bits per heavy atom. The summed E-state index contributed by atoms with van der Waals surface area (Å²) in [6, 6.07) is 5.64. The number of hydrogen-bond donors (Lipinski definition) is 1. The zero-order chi connectivity index (χ0) is 21.3. The number of carbonyl (C=O) groups excluding carboxylic acids is 1. The van der Waals surface area contributed by atoms with Crippen LogP contribution in [0, 0.1) is 0 Å². The molecule has 2 aliphatic rings. The van der Waals surface area contributed by atoms with Crippen LogP contribution >= 0.6 is 0 Å². The van der Waals surface area contributed by atoms with Gasteiger partial charge in [-0.05, 0) is 50.9 Å². The molecule has 9 nitrogen and oxygen atoms in total. The van der Waals surface area contributed by atoms with E-state index < -0.39 is 0 Å². The van der Waals surface area contributed by atoms with Gasteiger partial charge in [0, 0.05) is 30.8 Å². The van der Waals surface area contributed by atoms with E-state index in [1.165, 1.54) is 4.68 Å². The summed E-state index contributed by atoms with van der Waals surface area (Å²) in [5, 5.41) is 7.44. The van der Waals surface area contributed by atoms with Crippen molar-refractivity contribution in [1.29, 1.82) is 0 Å². The van der Waals surface area contributed by atoms with Crippen molar-refractivity contribution >= 4 is 11.6 Å². The first-order chi connectivity index (χ1) is 14.5. The number of aryl methyl sites for hydroxylation is 1. The van der Waals surface area contributed by atoms with E-state index in [1.54, 1.807) is 39.5 Å². The van der Waals surface area contributed by atoms with Crippen LogP contribution in [0.5, 0.6) is 11.5 Å². The second-order valence-corrected chi connectivity index (χ2v) is 8.03. The molecule has 9 heteroatoms. The first-order valence-electron chi connectivity index (χ1n) is 10.4. The highest BCUT2D eigenvalue weighted by Crippen LogP contribution is 2.37. The van der Waals surface area contributed by atoms with Crippen LogP contribution in [0.2, 0.25) is 0 Å². The minimum atomic E-state index is -0.0617. The molecular formula is C21H29N5O4. The molecule has 1 N–H and O–H groups in total. The number of nitrogens with zero attached hydrogens (tertiary/aromatic N) is 4. The maximum atomic E-state index is 12.5. The number of anilines is 1. The number of nitrogens with one attached hydrogen (secondary N) is 1. The number of rotatable bonds is 7. The average molecular weight is 415 g/mol. The summed E-state index contributed by atoms with van der Waals surface area (Å²) in [7, 11) is 4.87. The number of amides is 1. The minimum Gasteiger partial charge on any atom is -0.493 e. The number of hydrogen-bond acceptors (Lipinski definition) is 6. The first-order valence-corrected chi connectivity index (χ1v) is 10.4. The molecule has 1 saturated heterocycles. The van der Waals surface area contributed by atoms with Gasteiger partial charge in [-0.3, -0.25) is 14.3 Å². The van der Waals surface area contributed by atoms with Crippen LogP contribution in [-0.2, 0) is 11.8 Å². The average Bonchev–Trinajstić information content (AvgIpc) is 3.54. The SMILES string of the molecule is COc1ccc(NC(=O)CN2CCC(c3nn(C)c(=O)n3C3CC3)CC2)cc1OC. The van der Waals surface area contributed by atoms with Gasteiger partial charge in [-0.1, -0.05) is 0 Å². The fraction of sp³-hybridized carbons (Fsp3) is 0.571. The van der Waals surface area contributed by atoms with Gasteiger partial charge in [0.15, 0.2) is 11.5 Å². The molecular weight excluding hydrogens is 386 g/mol. The Hall–Kier alpha value is -2.81. The van der Waals surface area contributed by atoms with Crippen molar-refractivity contribution in [3.8, 4) is 11.5 Å². The van der Waals surface area contributed by atoms with E-state index in [0.29, 0.717) is 29.8 Å². The van der Waals surface area contributed by atoms with E-state index in [4.69, 9.17) is 9.47 Å². The van der Waals surface area contributed by atoms with Gasteiger partial charge in [0.05, 0.1) is 20.8 Å². The molecule has 1 saturated carbocycles. The summed E-state index contributed by atoms with van der Waals surface area (Å²) >= 11 is 0. The zero-order valence-corrected chi connectivity index (χ0v) is 17.8. The Morgan fingerprint density at radius 1 is 1.13 bits per heavy atom. The van der Waals surface area contributed by atoms with Gasteiger partial charge in [0.2, 0.25) is 5.91 Å². The molecule has 162 valence electrons. The van der Waals surface area contributed by atoms with Gasteiger partial charge >= 0.3 is 5.69 Å². The highest BCUT2D eigenvalue weighted by atomic mass is 16.5. The maximum absolute atomic E-state index is 12.5. The van der Waals surface area contributed by atoms with Crippen LogP contribution in [0.4, 0.5) is 5.69 Å². The van der Waals surface area contributed by atoms with E-state index in [0.717, 1.165) is 44.6 Å². The van der Waals surface area contributed by atoms with Crippen molar-refractivity contribution in [2.45, 2.75) is 37.6 Å². The van der Waals surface area contributed by atoms with Crippen molar-refractivity contribution in [2.75, 3.05) is 39.2 Å². The predicted molar refractivity (Wildman–Crippen MR) is 112 cm³/mol. The second-order valence-electron chi connectivity index (χ2n) is 8.03. The van der Waals surface area contributed by atoms with Crippen LogP contribution in [0.25, 0.3) is 0 Å². The number of ether oxygens (including phenoxy) is 2. The Balaban J connectivity index is 1.32. The van der Waals surface area contributed by atoms with Gasteiger partial charge < -0.3 is 14.8 Å². The number of benzene rings is 1.